The van der Waals surface area contributed by atoms with E-state index in [1.165, 1.54) is 33.3 Å². The van der Waals surface area contributed by atoms with E-state index >= 15 is 0 Å². The lowest BCUT2D eigenvalue weighted by atomic mass is 10.1. The SMILES string of the molecule is Cc1ccc(CN(C)C(=O)CSc2nnc(Cc3cccs3)n2-c2ccccc2)c(C)c1. The van der Waals surface area contributed by atoms with Crippen molar-refractivity contribution in [3.8, 4) is 5.69 Å². The van der Waals surface area contributed by atoms with Crippen LogP contribution in [-0.2, 0) is 17.8 Å². The molecule has 0 radical (unpaired) electrons. The molecule has 0 aliphatic heterocycles. The van der Waals surface area contributed by atoms with Gasteiger partial charge in [-0.15, -0.1) is 21.5 Å². The van der Waals surface area contributed by atoms with Gasteiger partial charge in [-0.05, 0) is 48.6 Å². The molecule has 0 unspecified atom stereocenters. The Labute approximate surface area is 197 Å². The van der Waals surface area contributed by atoms with Gasteiger partial charge in [0.15, 0.2) is 5.16 Å². The Kier molecular flexibility index (Phi) is 7.07. The minimum atomic E-state index is 0.0670. The zero-order valence-corrected chi connectivity index (χ0v) is 20.1. The lowest BCUT2D eigenvalue weighted by molar-refractivity contribution is -0.127. The summed E-state index contributed by atoms with van der Waals surface area (Å²) in [6.45, 7) is 4.77. The van der Waals surface area contributed by atoms with Crippen LogP contribution in [0, 0.1) is 13.8 Å². The van der Waals surface area contributed by atoms with E-state index in [1.54, 1.807) is 16.2 Å². The average Bonchev–Trinajstić information content (AvgIpc) is 3.44. The first kappa shape index (κ1) is 22.3. The maximum atomic E-state index is 12.9. The number of amides is 1. The maximum Gasteiger partial charge on any atom is 0.233 e. The van der Waals surface area contributed by atoms with Gasteiger partial charge in [0.2, 0.25) is 5.91 Å². The number of carbonyl (C=O) groups is 1. The second-order valence-electron chi connectivity index (χ2n) is 7.79. The molecule has 0 N–H and O–H groups in total. The summed E-state index contributed by atoms with van der Waals surface area (Å²) in [4.78, 5) is 15.9. The van der Waals surface area contributed by atoms with Gasteiger partial charge in [0.05, 0.1) is 5.75 Å². The molecule has 2 heterocycles. The minimum Gasteiger partial charge on any atom is -0.341 e. The van der Waals surface area contributed by atoms with Gasteiger partial charge in [0, 0.05) is 30.6 Å². The fourth-order valence-electron chi connectivity index (χ4n) is 3.52. The van der Waals surface area contributed by atoms with Crippen molar-refractivity contribution in [3.63, 3.8) is 0 Å². The summed E-state index contributed by atoms with van der Waals surface area (Å²) in [5.41, 5.74) is 4.61. The van der Waals surface area contributed by atoms with Crippen molar-refractivity contribution in [2.75, 3.05) is 12.8 Å². The number of thioether (sulfide) groups is 1. The largest absolute Gasteiger partial charge is 0.341 e. The summed E-state index contributed by atoms with van der Waals surface area (Å²) >= 11 is 3.14. The van der Waals surface area contributed by atoms with Crippen LogP contribution >= 0.6 is 23.1 Å². The number of aryl methyl sites for hydroxylation is 2. The van der Waals surface area contributed by atoms with Crippen LogP contribution in [0.15, 0.2) is 71.2 Å². The van der Waals surface area contributed by atoms with Crippen molar-refractivity contribution < 1.29 is 4.79 Å². The standard InChI is InChI=1S/C25H26N4OS2/c1-18-11-12-20(19(2)14-18)16-28(3)24(30)17-32-25-27-26-23(15-22-10-7-13-31-22)29(25)21-8-5-4-6-9-21/h4-14H,15-17H2,1-3H3. The van der Waals surface area contributed by atoms with Crippen molar-refractivity contribution in [3.05, 3.63) is 93.4 Å². The molecule has 0 aliphatic carbocycles. The van der Waals surface area contributed by atoms with E-state index in [2.05, 4.69) is 58.3 Å². The molecule has 4 aromatic rings. The molecule has 7 heteroatoms. The zero-order chi connectivity index (χ0) is 22.5. The molecule has 2 aromatic heterocycles. The first-order valence-electron chi connectivity index (χ1n) is 10.5. The highest BCUT2D eigenvalue weighted by molar-refractivity contribution is 7.99. The van der Waals surface area contributed by atoms with Crippen LogP contribution in [0.3, 0.4) is 0 Å². The molecular weight excluding hydrogens is 436 g/mol. The van der Waals surface area contributed by atoms with E-state index in [0.29, 0.717) is 18.7 Å². The lowest BCUT2D eigenvalue weighted by Crippen LogP contribution is -2.28. The number of nitrogens with zero attached hydrogens (tertiary/aromatic N) is 4. The Hall–Kier alpha value is -2.90. The first-order chi connectivity index (χ1) is 15.5. The predicted molar refractivity (Wildman–Crippen MR) is 132 cm³/mol. The molecule has 0 spiro atoms. The minimum absolute atomic E-state index is 0.0670. The molecule has 0 bridgehead atoms. The van der Waals surface area contributed by atoms with Gasteiger partial charge in [0.1, 0.15) is 5.82 Å². The highest BCUT2D eigenvalue weighted by Crippen LogP contribution is 2.25. The van der Waals surface area contributed by atoms with Gasteiger partial charge in [-0.3, -0.25) is 9.36 Å². The van der Waals surface area contributed by atoms with Gasteiger partial charge < -0.3 is 4.90 Å². The number of carbonyl (C=O) groups excluding carboxylic acids is 1. The number of hydrogen-bond acceptors (Lipinski definition) is 5. The molecule has 0 aliphatic rings. The van der Waals surface area contributed by atoms with Gasteiger partial charge in [-0.2, -0.15) is 0 Å². The second-order valence-corrected chi connectivity index (χ2v) is 9.77. The summed E-state index contributed by atoms with van der Waals surface area (Å²) in [5.74, 6) is 1.25. The molecule has 0 saturated carbocycles. The van der Waals surface area contributed by atoms with Crippen LogP contribution in [0.1, 0.15) is 27.4 Å². The van der Waals surface area contributed by atoms with Crippen LogP contribution in [-0.4, -0.2) is 38.4 Å². The number of hydrogen-bond donors (Lipinski definition) is 0. The Balaban J connectivity index is 1.48. The van der Waals surface area contributed by atoms with Crippen LogP contribution in [0.2, 0.25) is 0 Å². The summed E-state index contributed by atoms with van der Waals surface area (Å²) in [6.07, 6.45) is 0.709. The van der Waals surface area contributed by atoms with E-state index in [0.717, 1.165) is 16.7 Å². The molecular formula is C25H26N4OS2. The van der Waals surface area contributed by atoms with Crippen LogP contribution < -0.4 is 0 Å². The van der Waals surface area contributed by atoms with Crippen molar-refractivity contribution in [2.24, 2.45) is 0 Å². The predicted octanol–water partition coefficient (Wildman–Crippen LogP) is 5.29. The van der Waals surface area contributed by atoms with Crippen molar-refractivity contribution >= 4 is 29.0 Å². The summed E-state index contributed by atoms with van der Waals surface area (Å²) < 4.78 is 2.06. The maximum absolute atomic E-state index is 12.9. The molecule has 1 amide bonds. The Bertz CT molecular complexity index is 1190. The number of benzene rings is 2. The average molecular weight is 463 g/mol. The van der Waals surface area contributed by atoms with Crippen LogP contribution in [0.25, 0.3) is 5.69 Å². The Morgan fingerprint density at radius 1 is 1.06 bits per heavy atom. The highest BCUT2D eigenvalue weighted by Gasteiger charge is 2.18. The monoisotopic (exact) mass is 462 g/mol. The van der Waals surface area contributed by atoms with Gasteiger partial charge in [-0.1, -0.05) is 59.8 Å². The summed E-state index contributed by atoms with van der Waals surface area (Å²) in [6, 6.07) is 20.6. The number of para-hydroxylation sites is 1. The molecule has 32 heavy (non-hydrogen) atoms. The quantitative estimate of drug-likeness (QED) is 0.334. The van der Waals surface area contributed by atoms with Gasteiger partial charge in [0.25, 0.3) is 0 Å². The summed E-state index contributed by atoms with van der Waals surface area (Å²) in [5, 5.41) is 11.7. The fraction of sp³-hybridized carbons (Fsp3) is 0.240. The van der Waals surface area contributed by atoms with E-state index < -0.39 is 0 Å². The number of aromatic nitrogens is 3. The number of rotatable bonds is 8. The van der Waals surface area contributed by atoms with Crippen molar-refractivity contribution in [2.45, 2.75) is 32.0 Å². The van der Waals surface area contributed by atoms with Gasteiger partial charge in [-0.25, -0.2) is 0 Å². The lowest BCUT2D eigenvalue weighted by Gasteiger charge is -2.19. The molecule has 2 aromatic carbocycles. The second kappa shape index (κ2) is 10.1. The molecule has 0 saturated heterocycles. The fourth-order valence-corrected chi connectivity index (χ4v) is 5.13. The molecule has 164 valence electrons. The van der Waals surface area contributed by atoms with Crippen LogP contribution in [0.4, 0.5) is 0 Å². The third kappa shape index (κ3) is 5.29. The third-order valence-electron chi connectivity index (χ3n) is 5.28. The van der Waals surface area contributed by atoms with Gasteiger partial charge >= 0.3 is 0 Å². The zero-order valence-electron chi connectivity index (χ0n) is 18.5. The number of thiophene rings is 1. The molecule has 5 nitrogen and oxygen atoms in total. The normalized spacial score (nSPS) is 11.0. The topological polar surface area (TPSA) is 51.0 Å². The van der Waals surface area contributed by atoms with Crippen LogP contribution in [0.5, 0.6) is 0 Å². The van der Waals surface area contributed by atoms with E-state index in [-0.39, 0.29) is 5.91 Å². The van der Waals surface area contributed by atoms with E-state index in [4.69, 9.17) is 0 Å². The Morgan fingerprint density at radius 3 is 2.59 bits per heavy atom. The van der Waals surface area contributed by atoms with E-state index in [1.807, 2.05) is 43.4 Å². The molecule has 0 fully saturated rings. The Morgan fingerprint density at radius 2 is 1.88 bits per heavy atom. The first-order valence-corrected chi connectivity index (χ1v) is 12.3. The molecule has 0 atom stereocenters. The molecule has 4 rings (SSSR count). The van der Waals surface area contributed by atoms with Crippen molar-refractivity contribution in [1.82, 2.24) is 19.7 Å². The smallest absolute Gasteiger partial charge is 0.233 e. The van der Waals surface area contributed by atoms with Crippen molar-refractivity contribution in [1.29, 1.82) is 0 Å². The van der Waals surface area contributed by atoms with E-state index in [9.17, 15) is 4.79 Å². The highest BCUT2D eigenvalue weighted by atomic mass is 32.2. The third-order valence-corrected chi connectivity index (χ3v) is 7.07. The summed E-state index contributed by atoms with van der Waals surface area (Å²) in [7, 11) is 1.85.